The molecule has 1 aromatic heterocycles. The van der Waals surface area contributed by atoms with Crippen molar-refractivity contribution in [2.75, 3.05) is 32.8 Å². The highest BCUT2D eigenvalue weighted by atomic mass is 16.5. The van der Waals surface area contributed by atoms with Gasteiger partial charge in [-0.15, -0.1) is 0 Å². The number of rotatable bonds is 3. The zero-order valence-electron chi connectivity index (χ0n) is 15.9. The van der Waals surface area contributed by atoms with E-state index >= 15 is 0 Å². The van der Waals surface area contributed by atoms with Crippen molar-refractivity contribution < 1.29 is 9.53 Å². The van der Waals surface area contributed by atoms with Gasteiger partial charge in [0, 0.05) is 45.1 Å². The van der Waals surface area contributed by atoms with E-state index in [1.807, 2.05) is 17.2 Å². The summed E-state index contributed by atoms with van der Waals surface area (Å²) >= 11 is 0. The number of ether oxygens (including phenoxy) is 1. The van der Waals surface area contributed by atoms with E-state index < -0.39 is 5.41 Å². The molecule has 0 unspecified atom stereocenters. The molecule has 1 saturated carbocycles. The molecular formula is C21H28N4O2. The van der Waals surface area contributed by atoms with Crippen molar-refractivity contribution in [3.8, 4) is 6.07 Å². The third kappa shape index (κ3) is 3.71. The highest BCUT2D eigenvalue weighted by molar-refractivity contribution is 5.86. The van der Waals surface area contributed by atoms with Gasteiger partial charge in [0.15, 0.2) is 0 Å². The Morgan fingerprint density at radius 2 is 2.00 bits per heavy atom. The minimum atomic E-state index is -0.760. The zero-order chi connectivity index (χ0) is 18.7. The second kappa shape index (κ2) is 7.57. The maximum absolute atomic E-state index is 13.0. The van der Waals surface area contributed by atoms with E-state index in [4.69, 9.17) is 4.74 Å². The first-order chi connectivity index (χ1) is 13.1. The molecule has 6 nitrogen and oxygen atoms in total. The number of amides is 1. The summed E-state index contributed by atoms with van der Waals surface area (Å²) in [6.07, 6.45) is 8.85. The minimum Gasteiger partial charge on any atom is -0.372 e. The predicted molar refractivity (Wildman–Crippen MR) is 101 cm³/mol. The average molecular weight is 368 g/mol. The van der Waals surface area contributed by atoms with Crippen molar-refractivity contribution in [1.29, 1.82) is 5.26 Å². The predicted octanol–water partition coefficient (Wildman–Crippen LogP) is 2.36. The molecule has 0 N–H and O–H groups in total. The van der Waals surface area contributed by atoms with Gasteiger partial charge in [-0.05, 0) is 37.3 Å². The van der Waals surface area contributed by atoms with Crippen LogP contribution in [0, 0.1) is 16.7 Å². The number of hydrogen-bond donors (Lipinski definition) is 0. The summed E-state index contributed by atoms with van der Waals surface area (Å²) in [5.74, 6) is 0.0559. The second-order valence-corrected chi connectivity index (χ2v) is 8.30. The largest absolute Gasteiger partial charge is 0.372 e. The number of morpholine rings is 1. The Morgan fingerprint density at radius 1 is 1.22 bits per heavy atom. The lowest BCUT2D eigenvalue weighted by atomic mass is 9.83. The summed E-state index contributed by atoms with van der Waals surface area (Å²) in [4.78, 5) is 21.5. The molecule has 3 aliphatic rings. The van der Waals surface area contributed by atoms with Gasteiger partial charge in [0.05, 0.1) is 18.3 Å². The summed E-state index contributed by atoms with van der Waals surface area (Å²) in [5, 5.41) is 9.60. The van der Waals surface area contributed by atoms with Crippen molar-refractivity contribution in [3.05, 3.63) is 30.1 Å². The Morgan fingerprint density at radius 3 is 2.67 bits per heavy atom. The van der Waals surface area contributed by atoms with Crippen LogP contribution in [0.2, 0.25) is 0 Å². The van der Waals surface area contributed by atoms with E-state index in [0.717, 1.165) is 64.8 Å². The number of hydrogen-bond acceptors (Lipinski definition) is 5. The van der Waals surface area contributed by atoms with E-state index in [2.05, 4.69) is 22.0 Å². The van der Waals surface area contributed by atoms with E-state index in [1.54, 1.807) is 6.20 Å². The summed E-state index contributed by atoms with van der Waals surface area (Å²) in [6, 6.07) is 6.43. The lowest BCUT2D eigenvalue weighted by Gasteiger charge is -2.48. The number of carbonyl (C=O) groups excluding carboxylic acids is 1. The molecule has 4 rings (SSSR count). The van der Waals surface area contributed by atoms with Crippen LogP contribution in [-0.2, 0) is 16.1 Å². The summed E-state index contributed by atoms with van der Waals surface area (Å²) < 4.78 is 6.22. The highest BCUT2D eigenvalue weighted by Gasteiger charge is 2.47. The molecule has 1 spiro atoms. The molecule has 2 saturated heterocycles. The zero-order valence-corrected chi connectivity index (χ0v) is 15.9. The van der Waals surface area contributed by atoms with Crippen LogP contribution in [0.5, 0.6) is 0 Å². The first kappa shape index (κ1) is 18.4. The topological polar surface area (TPSA) is 69.5 Å². The van der Waals surface area contributed by atoms with E-state index in [-0.39, 0.29) is 11.5 Å². The molecular weight excluding hydrogens is 340 g/mol. The van der Waals surface area contributed by atoms with Crippen LogP contribution in [-0.4, -0.2) is 59.1 Å². The van der Waals surface area contributed by atoms with Crippen molar-refractivity contribution in [1.82, 2.24) is 14.8 Å². The Kier molecular flexibility index (Phi) is 5.16. The van der Waals surface area contributed by atoms with Crippen molar-refractivity contribution in [2.45, 2.75) is 50.7 Å². The molecule has 0 bridgehead atoms. The lowest BCUT2D eigenvalue weighted by Crippen LogP contribution is -2.58. The van der Waals surface area contributed by atoms with E-state index in [0.29, 0.717) is 13.1 Å². The number of carbonyl (C=O) groups is 1. The number of nitriles is 1. The molecule has 144 valence electrons. The molecule has 3 fully saturated rings. The smallest absolute Gasteiger partial charge is 0.243 e. The Hall–Kier alpha value is -1.97. The summed E-state index contributed by atoms with van der Waals surface area (Å²) in [6.45, 7) is 4.84. The van der Waals surface area contributed by atoms with Crippen LogP contribution in [0.3, 0.4) is 0 Å². The van der Waals surface area contributed by atoms with E-state index in [9.17, 15) is 10.1 Å². The average Bonchev–Trinajstić information content (AvgIpc) is 3.19. The van der Waals surface area contributed by atoms with Gasteiger partial charge in [-0.25, -0.2) is 0 Å². The van der Waals surface area contributed by atoms with Crippen LogP contribution in [0.1, 0.15) is 44.1 Å². The molecule has 6 heteroatoms. The van der Waals surface area contributed by atoms with Crippen LogP contribution in [0.25, 0.3) is 0 Å². The normalized spacial score (nSPS) is 24.6. The molecule has 1 aliphatic carbocycles. The van der Waals surface area contributed by atoms with Gasteiger partial charge in [-0.2, -0.15) is 5.26 Å². The Bertz CT molecular complexity index is 701. The SMILES string of the molecule is N#CC1(C(=O)N2CCC3(CC2)CN(Cc2cccnc2)CCO3)CCCC1. The molecule has 3 heterocycles. The Labute approximate surface area is 161 Å². The molecule has 0 atom stereocenters. The molecule has 2 aliphatic heterocycles. The number of pyridine rings is 1. The molecule has 0 radical (unpaired) electrons. The maximum Gasteiger partial charge on any atom is 0.243 e. The number of piperidine rings is 1. The van der Waals surface area contributed by atoms with Crippen LogP contribution < -0.4 is 0 Å². The molecule has 0 aromatic carbocycles. The molecule has 27 heavy (non-hydrogen) atoms. The van der Waals surface area contributed by atoms with Crippen LogP contribution in [0.15, 0.2) is 24.5 Å². The third-order valence-electron chi connectivity index (χ3n) is 6.50. The lowest BCUT2D eigenvalue weighted by molar-refractivity contribution is -0.156. The standard InChI is InChI=1S/C21H28N4O2/c22-16-20(5-1-2-6-20)19(26)25-10-7-21(8-11-25)17-24(12-13-27-21)15-18-4-3-9-23-14-18/h3-4,9,14H,1-2,5-8,10-13,15,17H2. The van der Waals surface area contributed by atoms with Crippen molar-refractivity contribution in [2.24, 2.45) is 5.41 Å². The highest BCUT2D eigenvalue weighted by Crippen LogP contribution is 2.40. The quantitative estimate of drug-likeness (QED) is 0.819. The second-order valence-electron chi connectivity index (χ2n) is 8.30. The summed E-state index contributed by atoms with van der Waals surface area (Å²) in [7, 11) is 0. The Balaban J connectivity index is 1.36. The minimum absolute atomic E-state index is 0.0559. The summed E-state index contributed by atoms with van der Waals surface area (Å²) in [5.41, 5.74) is 0.302. The third-order valence-corrected chi connectivity index (χ3v) is 6.50. The number of likely N-dealkylation sites (tertiary alicyclic amines) is 1. The monoisotopic (exact) mass is 368 g/mol. The number of nitrogens with zero attached hydrogens (tertiary/aromatic N) is 4. The first-order valence-corrected chi connectivity index (χ1v) is 10.1. The molecule has 1 aromatic rings. The van der Waals surface area contributed by atoms with Gasteiger partial charge in [0.1, 0.15) is 5.41 Å². The van der Waals surface area contributed by atoms with Gasteiger partial charge in [-0.3, -0.25) is 14.7 Å². The fraction of sp³-hybridized carbons (Fsp3) is 0.667. The van der Waals surface area contributed by atoms with Crippen molar-refractivity contribution >= 4 is 5.91 Å². The van der Waals surface area contributed by atoms with Crippen LogP contribution in [0.4, 0.5) is 0 Å². The fourth-order valence-electron chi connectivity index (χ4n) is 4.88. The first-order valence-electron chi connectivity index (χ1n) is 10.1. The van der Waals surface area contributed by atoms with Crippen LogP contribution >= 0.6 is 0 Å². The molecule has 1 amide bonds. The van der Waals surface area contributed by atoms with Crippen molar-refractivity contribution in [3.63, 3.8) is 0 Å². The van der Waals surface area contributed by atoms with Gasteiger partial charge in [0.25, 0.3) is 0 Å². The maximum atomic E-state index is 13.0. The van der Waals surface area contributed by atoms with E-state index in [1.165, 1.54) is 5.56 Å². The number of aromatic nitrogens is 1. The van der Waals surface area contributed by atoms with Gasteiger partial charge >= 0.3 is 0 Å². The van der Waals surface area contributed by atoms with Gasteiger partial charge in [0.2, 0.25) is 5.91 Å². The van der Waals surface area contributed by atoms with Gasteiger partial charge < -0.3 is 9.64 Å². The van der Waals surface area contributed by atoms with Gasteiger partial charge in [-0.1, -0.05) is 18.9 Å². The fourth-order valence-corrected chi connectivity index (χ4v) is 4.88.